The number of benzene rings is 1. The van der Waals surface area contributed by atoms with Crippen molar-refractivity contribution in [1.82, 2.24) is 10.2 Å². The van der Waals surface area contributed by atoms with E-state index in [9.17, 15) is 9.90 Å². The maximum Gasteiger partial charge on any atom is 0.285 e. The number of hydrazone groups is 1. The van der Waals surface area contributed by atoms with Gasteiger partial charge in [-0.1, -0.05) is 27.5 Å². The highest BCUT2D eigenvalue weighted by molar-refractivity contribution is 9.10. The number of halogens is 2. The van der Waals surface area contributed by atoms with Gasteiger partial charge in [0.05, 0.1) is 11.9 Å². The number of hydrogen-bond acceptors (Lipinski definition) is 5. The number of H-pyrrole nitrogens is 1. The number of phenols is 1. The van der Waals surface area contributed by atoms with Gasteiger partial charge in [0.25, 0.3) is 5.56 Å². The quantitative estimate of drug-likeness (QED) is 0.582. The molecule has 0 aliphatic rings. The molecule has 0 aliphatic carbocycles. The Morgan fingerprint density at radius 3 is 3.05 bits per heavy atom. The van der Waals surface area contributed by atoms with E-state index in [4.69, 9.17) is 11.6 Å². The van der Waals surface area contributed by atoms with Crippen LogP contribution < -0.4 is 11.0 Å². The van der Waals surface area contributed by atoms with Crippen LogP contribution in [0.15, 0.2) is 38.8 Å². The van der Waals surface area contributed by atoms with Gasteiger partial charge in [0, 0.05) is 10.0 Å². The van der Waals surface area contributed by atoms with Gasteiger partial charge in [0.1, 0.15) is 16.5 Å². The maximum absolute atomic E-state index is 11.3. The van der Waals surface area contributed by atoms with Crippen molar-refractivity contribution < 1.29 is 5.11 Å². The minimum atomic E-state index is -0.505. The molecule has 0 saturated heterocycles. The fraction of sp³-hybridized carbons (Fsp3) is 0.0833. The molecule has 20 heavy (non-hydrogen) atoms. The first-order valence-electron chi connectivity index (χ1n) is 5.51. The molecule has 0 bridgehead atoms. The van der Waals surface area contributed by atoms with E-state index in [1.54, 1.807) is 25.1 Å². The lowest BCUT2D eigenvalue weighted by atomic mass is 10.1. The van der Waals surface area contributed by atoms with Crippen molar-refractivity contribution in [2.45, 2.75) is 6.92 Å². The maximum atomic E-state index is 11.3. The molecule has 0 radical (unpaired) electrons. The Morgan fingerprint density at radius 1 is 1.55 bits per heavy atom. The van der Waals surface area contributed by atoms with Crippen molar-refractivity contribution in [2.24, 2.45) is 5.10 Å². The first kappa shape index (κ1) is 14.5. The van der Waals surface area contributed by atoms with E-state index in [2.05, 4.69) is 36.7 Å². The Balaban J connectivity index is 2.29. The first-order valence-corrected chi connectivity index (χ1v) is 6.68. The average Bonchev–Trinajstić information content (AvgIpc) is 2.43. The fourth-order valence-electron chi connectivity index (χ4n) is 1.46. The lowest BCUT2D eigenvalue weighted by Gasteiger charge is -2.06. The molecule has 1 heterocycles. The minimum Gasteiger partial charge on any atom is -0.507 e. The van der Waals surface area contributed by atoms with Crippen molar-refractivity contribution in [2.75, 3.05) is 5.43 Å². The van der Waals surface area contributed by atoms with Crippen LogP contribution in [0.3, 0.4) is 0 Å². The van der Waals surface area contributed by atoms with Gasteiger partial charge >= 0.3 is 0 Å². The van der Waals surface area contributed by atoms with E-state index >= 15 is 0 Å². The lowest BCUT2D eigenvalue weighted by Crippen LogP contribution is -2.10. The molecule has 1 aromatic heterocycles. The van der Waals surface area contributed by atoms with E-state index in [0.29, 0.717) is 11.3 Å². The number of anilines is 1. The Kier molecular flexibility index (Phi) is 4.41. The molecule has 3 N–H and O–H groups in total. The van der Waals surface area contributed by atoms with Gasteiger partial charge in [-0.05, 0) is 25.1 Å². The van der Waals surface area contributed by atoms with Crippen LogP contribution in [0, 0.1) is 0 Å². The summed E-state index contributed by atoms with van der Waals surface area (Å²) in [5.41, 5.74) is 3.51. The summed E-state index contributed by atoms with van der Waals surface area (Å²) >= 11 is 9.13. The zero-order valence-electron chi connectivity index (χ0n) is 10.3. The number of phenolic OH excluding ortho intramolecular Hbond substituents is 1. The Labute approximate surface area is 127 Å². The molecule has 0 aliphatic heterocycles. The highest BCUT2D eigenvalue weighted by atomic mass is 79.9. The third kappa shape index (κ3) is 3.17. The van der Waals surface area contributed by atoms with E-state index in [1.165, 1.54) is 6.20 Å². The molecule has 0 fully saturated rings. The molecule has 1 aromatic carbocycles. The van der Waals surface area contributed by atoms with Gasteiger partial charge < -0.3 is 5.11 Å². The summed E-state index contributed by atoms with van der Waals surface area (Å²) in [4.78, 5) is 11.3. The van der Waals surface area contributed by atoms with Crippen LogP contribution in [0.1, 0.15) is 12.5 Å². The first-order chi connectivity index (χ1) is 9.49. The summed E-state index contributed by atoms with van der Waals surface area (Å²) in [7, 11) is 0. The Bertz CT molecular complexity index is 730. The second-order valence-corrected chi connectivity index (χ2v) is 5.19. The third-order valence-electron chi connectivity index (χ3n) is 2.49. The van der Waals surface area contributed by atoms with E-state index in [-0.39, 0.29) is 16.5 Å². The number of aromatic amines is 1. The van der Waals surface area contributed by atoms with E-state index < -0.39 is 5.56 Å². The summed E-state index contributed by atoms with van der Waals surface area (Å²) in [5, 5.41) is 19.6. The number of aromatic nitrogens is 2. The summed E-state index contributed by atoms with van der Waals surface area (Å²) < 4.78 is 0.815. The standard InChI is InChI=1S/C12H10BrClN4O2/c1-6(8-4-7(13)2-3-10(8)19)16-17-9-5-15-18-12(20)11(9)14/h2-5,19H,1H3,(H2,17,18,20)/b16-6+. The van der Waals surface area contributed by atoms with Gasteiger partial charge in [-0.2, -0.15) is 10.2 Å². The number of nitrogens with zero attached hydrogens (tertiary/aromatic N) is 2. The number of nitrogens with one attached hydrogen (secondary N) is 2. The van der Waals surface area contributed by atoms with Crippen LogP contribution in [0.4, 0.5) is 5.69 Å². The molecule has 2 rings (SSSR count). The predicted octanol–water partition coefficient (Wildman–Crippen LogP) is 2.73. The van der Waals surface area contributed by atoms with Crippen LogP contribution in [0.25, 0.3) is 0 Å². The van der Waals surface area contributed by atoms with Crippen molar-refractivity contribution >= 4 is 38.9 Å². The van der Waals surface area contributed by atoms with Crippen molar-refractivity contribution in [3.63, 3.8) is 0 Å². The molecule has 6 nitrogen and oxygen atoms in total. The molecular weight excluding hydrogens is 348 g/mol. The largest absolute Gasteiger partial charge is 0.507 e. The summed E-state index contributed by atoms with van der Waals surface area (Å²) in [5.74, 6) is 0.103. The molecule has 0 atom stereocenters. The van der Waals surface area contributed by atoms with Crippen LogP contribution in [-0.2, 0) is 0 Å². The summed E-state index contributed by atoms with van der Waals surface area (Å²) in [6.07, 6.45) is 1.35. The number of hydrogen-bond donors (Lipinski definition) is 3. The molecule has 2 aromatic rings. The van der Waals surface area contributed by atoms with Crippen molar-refractivity contribution in [1.29, 1.82) is 0 Å². The summed E-state index contributed by atoms with van der Waals surface area (Å²) in [6.45, 7) is 1.71. The second kappa shape index (κ2) is 6.06. The zero-order valence-corrected chi connectivity index (χ0v) is 12.7. The van der Waals surface area contributed by atoms with E-state index in [1.807, 2.05) is 0 Å². The average molecular weight is 358 g/mol. The molecule has 8 heteroatoms. The molecule has 104 valence electrons. The van der Waals surface area contributed by atoms with Gasteiger partial charge in [0.2, 0.25) is 0 Å². The lowest BCUT2D eigenvalue weighted by molar-refractivity contribution is 0.474. The molecule has 0 saturated carbocycles. The monoisotopic (exact) mass is 356 g/mol. The SMILES string of the molecule is C/C(=N\Nc1cn[nH]c(=O)c1Cl)c1cc(Br)ccc1O. The van der Waals surface area contributed by atoms with Gasteiger partial charge in [-0.3, -0.25) is 10.2 Å². The fourth-order valence-corrected chi connectivity index (χ4v) is 1.96. The minimum absolute atomic E-state index is 0.0324. The summed E-state index contributed by atoms with van der Waals surface area (Å²) in [6, 6.07) is 5.00. The smallest absolute Gasteiger partial charge is 0.285 e. The topological polar surface area (TPSA) is 90.4 Å². The normalized spacial score (nSPS) is 11.4. The Hall–Kier alpha value is -1.86. The van der Waals surface area contributed by atoms with Crippen LogP contribution in [-0.4, -0.2) is 21.0 Å². The second-order valence-electron chi connectivity index (χ2n) is 3.90. The molecule has 0 spiro atoms. The number of rotatable bonds is 3. The van der Waals surface area contributed by atoms with Crippen molar-refractivity contribution in [3.05, 3.63) is 49.8 Å². The highest BCUT2D eigenvalue weighted by Crippen LogP contribution is 2.23. The molecular formula is C12H10BrClN4O2. The number of aromatic hydroxyl groups is 1. The predicted molar refractivity (Wildman–Crippen MR) is 81.5 cm³/mol. The zero-order chi connectivity index (χ0) is 14.7. The highest BCUT2D eigenvalue weighted by Gasteiger charge is 2.07. The van der Waals surface area contributed by atoms with Crippen LogP contribution in [0.2, 0.25) is 5.02 Å². The van der Waals surface area contributed by atoms with Crippen LogP contribution in [0.5, 0.6) is 5.75 Å². The van der Waals surface area contributed by atoms with Crippen LogP contribution >= 0.6 is 27.5 Å². The molecule has 0 unspecified atom stereocenters. The van der Waals surface area contributed by atoms with Gasteiger partial charge in [-0.15, -0.1) is 0 Å². The Morgan fingerprint density at radius 2 is 2.30 bits per heavy atom. The van der Waals surface area contributed by atoms with Gasteiger partial charge in [-0.25, -0.2) is 5.10 Å². The van der Waals surface area contributed by atoms with Gasteiger partial charge in [0.15, 0.2) is 0 Å². The van der Waals surface area contributed by atoms with E-state index in [0.717, 1.165) is 4.47 Å². The van der Waals surface area contributed by atoms with Crippen molar-refractivity contribution in [3.8, 4) is 5.75 Å². The molecule has 0 amide bonds. The third-order valence-corrected chi connectivity index (χ3v) is 3.36.